The van der Waals surface area contributed by atoms with Crippen molar-refractivity contribution in [1.82, 2.24) is 9.80 Å². The molecule has 0 saturated carbocycles. The van der Waals surface area contributed by atoms with E-state index in [1.54, 1.807) is 18.2 Å². The van der Waals surface area contributed by atoms with Gasteiger partial charge in [-0.2, -0.15) is 0 Å². The number of primary amides is 1. The lowest BCUT2D eigenvalue weighted by Crippen LogP contribution is -2.38. The van der Waals surface area contributed by atoms with Crippen LogP contribution in [-0.4, -0.2) is 60.1 Å². The van der Waals surface area contributed by atoms with Crippen LogP contribution in [0.15, 0.2) is 29.2 Å². The van der Waals surface area contributed by atoms with Crippen LogP contribution in [0.5, 0.6) is 0 Å². The Hall–Kier alpha value is -1.60. The standard InChI is InChI=1S/C16H22FN3O2S/c17-13-4-1-2-5-14(13)23-11-6-16(22)20-8-3-7-19(9-10-20)12-15(18)21/h1-2,4-5H,3,6-12H2,(H2,18,21). The third kappa shape index (κ3) is 5.84. The molecule has 1 aromatic carbocycles. The second kappa shape index (κ2) is 8.88. The topological polar surface area (TPSA) is 66.6 Å². The zero-order valence-electron chi connectivity index (χ0n) is 13.0. The third-order valence-electron chi connectivity index (χ3n) is 3.73. The number of nitrogens with zero attached hydrogens (tertiary/aromatic N) is 2. The highest BCUT2D eigenvalue weighted by atomic mass is 32.2. The van der Waals surface area contributed by atoms with E-state index >= 15 is 0 Å². The lowest BCUT2D eigenvalue weighted by molar-refractivity contribution is -0.130. The minimum absolute atomic E-state index is 0.0785. The Morgan fingerprint density at radius 2 is 1.96 bits per heavy atom. The van der Waals surface area contributed by atoms with Gasteiger partial charge in [-0.1, -0.05) is 12.1 Å². The van der Waals surface area contributed by atoms with Crippen LogP contribution in [-0.2, 0) is 9.59 Å². The van der Waals surface area contributed by atoms with Crippen molar-refractivity contribution in [2.24, 2.45) is 5.73 Å². The largest absolute Gasteiger partial charge is 0.369 e. The molecule has 0 radical (unpaired) electrons. The maximum absolute atomic E-state index is 13.5. The van der Waals surface area contributed by atoms with E-state index < -0.39 is 0 Å². The van der Waals surface area contributed by atoms with E-state index in [9.17, 15) is 14.0 Å². The average Bonchev–Trinajstić information content (AvgIpc) is 2.74. The number of hydrogen-bond acceptors (Lipinski definition) is 4. The lowest BCUT2D eigenvalue weighted by atomic mass is 10.3. The molecule has 23 heavy (non-hydrogen) atoms. The Morgan fingerprint density at radius 1 is 1.17 bits per heavy atom. The SMILES string of the molecule is NC(=O)CN1CCCN(C(=O)CCSc2ccccc2F)CC1. The Bertz CT molecular complexity index is 556. The zero-order valence-corrected chi connectivity index (χ0v) is 13.9. The van der Waals surface area contributed by atoms with Crippen LogP contribution in [0.4, 0.5) is 4.39 Å². The maximum atomic E-state index is 13.5. The molecule has 0 spiro atoms. The molecule has 1 saturated heterocycles. The molecule has 7 heteroatoms. The summed E-state index contributed by atoms with van der Waals surface area (Å²) >= 11 is 1.36. The molecule has 0 aromatic heterocycles. The van der Waals surface area contributed by atoms with E-state index in [4.69, 9.17) is 5.73 Å². The van der Waals surface area contributed by atoms with Crippen molar-refractivity contribution in [2.45, 2.75) is 17.7 Å². The molecule has 2 N–H and O–H groups in total. The molecule has 1 aromatic rings. The monoisotopic (exact) mass is 339 g/mol. The fourth-order valence-electron chi connectivity index (χ4n) is 2.57. The fraction of sp³-hybridized carbons (Fsp3) is 0.500. The lowest BCUT2D eigenvalue weighted by Gasteiger charge is -2.21. The van der Waals surface area contributed by atoms with Crippen molar-refractivity contribution >= 4 is 23.6 Å². The molecule has 1 aliphatic heterocycles. The molecule has 0 aliphatic carbocycles. The molecule has 0 bridgehead atoms. The van der Waals surface area contributed by atoms with E-state index in [0.717, 1.165) is 13.0 Å². The second-order valence-corrected chi connectivity index (χ2v) is 6.64. The van der Waals surface area contributed by atoms with Gasteiger partial charge in [0.2, 0.25) is 11.8 Å². The Balaban J connectivity index is 1.75. The summed E-state index contributed by atoms with van der Waals surface area (Å²) in [7, 11) is 0. The molecule has 1 aliphatic rings. The number of hydrogen-bond donors (Lipinski definition) is 1. The van der Waals surface area contributed by atoms with Gasteiger partial charge in [0.1, 0.15) is 5.82 Å². The molecule has 0 atom stereocenters. The molecule has 1 heterocycles. The molecule has 5 nitrogen and oxygen atoms in total. The van der Waals surface area contributed by atoms with E-state index in [0.29, 0.717) is 36.7 Å². The molecule has 0 unspecified atom stereocenters. The number of nitrogens with two attached hydrogens (primary N) is 1. The van der Waals surface area contributed by atoms with Crippen molar-refractivity contribution in [3.8, 4) is 0 Å². The summed E-state index contributed by atoms with van der Waals surface area (Å²) in [6.45, 7) is 2.98. The van der Waals surface area contributed by atoms with Gasteiger partial charge >= 0.3 is 0 Å². The summed E-state index contributed by atoms with van der Waals surface area (Å²) in [5.41, 5.74) is 5.21. The fourth-order valence-corrected chi connectivity index (χ4v) is 3.44. The van der Waals surface area contributed by atoms with Crippen molar-refractivity contribution < 1.29 is 14.0 Å². The van der Waals surface area contributed by atoms with Gasteiger partial charge in [-0.3, -0.25) is 14.5 Å². The quantitative estimate of drug-likeness (QED) is 0.794. The summed E-state index contributed by atoms with van der Waals surface area (Å²) in [4.78, 5) is 27.6. The zero-order chi connectivity index (χ0) is 16.7. The summed E-state index contributed by atoms with van der Waals surface area (Å²) < 4.78 is 13.5. The van der Waals surface area contributed by atoms with E-state index in [1.807, 2.05) is 9.80 Å². The van der Waals surface area contributed by atoms with Gasteiger partial charge in [-0.15, -0.1) is 11.8 Å². The molecule has 126 valence electrons. The highest BCUT2D eigenvalue weighted by molar-refractivity contribution is 7.99. The van der Waals surface area contributed by atoms with Crippen LogP contribution in [0.25, 0.3) is 0 Å². The van der Waals surface area contributed by atoms with Crippen molar-refractivity contribution in [2.75, 3.05) is 38.5 Å². The van der Waals surface area contributed by atoms with Gasteiger partial charge in [-0.05, 0) is 18.6 Å². The van der Waals surface area contributed by atoms with Gasteiger partial charge in [-0.25, -0.2) is 4.39 Å². The number of carbonyl (C=O) groups is 2. The predicted molar refractivity (Wildman–Crippen MR) is 88.6 cm³/mol. The number of carbonyl (C=O) groups excluding carboxylic acids is 2. The first-order chi connectivity index (χ1) is 11.1. The minimum Gasteiger partial charge on any atom is -0.369 e. The normalized spacial score (nSPS) is 16.1. The Morgan fingerprint density at radius 3 is 2.70 bits per heavy atom. The van der Waals surface area contributed by atoms with Gasteiger partial charge in [0.25, 0.3) is 0 Å². The van der Waals surface area contributed by atoms with E-state index in [2.05, 4.69) is 0 Å². The Kier molecular flexibility index (Phi) is 6.85. The first kappa shape index (κ1) is 17.7. The molecule has 2 rings (SSSR count). The summed E-state index contributed by atoms with van der Waals surface area (Å²) in [5.74, 6) is 0.0454. The second-order valence-electron chi connectivity index (χ2n) is 5.51. The molecular formula is C16H22FN3O2S. The predicted octanol–water partition coefficient (Wildman–Crippen LogP) is 1.33. The minimum atomic E-state index is -0.342. The summed E-state index contributed by atoms with van der Waals surface area (Å²) in [6, 6.07) is 6.58. The van der Waals surface area contributed by atoms with Crippen molar-refractivity contribution in [1.29, 1.82) is 0 Å². The molecule has 2 amide bonds. The van der Waals surface area contributed by atoms with Crippen LogP contribution < -0.4 is 5.73 Å². The van der Waals surface area contributed by atoms with Crippen LogP contribution in [0.1, 0.15) is 12.8 Å². The number of halogens is 1. The highest BCUT2D eigenvalue weighted by Crippen LogP contribution is 2.22. The molecular weight excluding hydrogens is 317 g/mol. The first-order valence-corrected chi connectivity index (χ1v) is 8.70. The summed E-state index contributed by atoms with van der Waals surface area (Å²) in [5, 5.41) is 0. The molecule has 1 fully saturated rings. The average molecular weight is 339 g/mol. The van der Waals surface area contributed by atoms with Crippen LogP contribution >= 0.6 is 11.8 Å². The van der Waals surface area contributed by atoms with Gasteiger partial charge in [0.15, 0.2) is 0 Å². The van der Waals surface area contributed by atoms with Crippen molar-refractivity contribution in [3.63, 3.8) is 0 Å². The smallest absolute Gasteiger partial charge is 0.231 e. The summed E-state index contributed by atoms with van der Waals surface area (Å²) in [6.07, 6.45) is 1.22. The number of rotatable bonds is 6. The van der Waals surface area contributed by atoms with Crippen LogP contribution in [0.2, 0.25) is 0 Å². The van der Waals surface area contributed by atoms with Crippen LogP contribution in [0.3, 0.4) is 0 Å². The third-order valence-corrected chi connectivity index (χ3v) is 4.78. The maximum Gasteiger partial charge on any atom is 0.231 e. The van der Waals surface area contributed by atoms with E-state index in [1.165, 1.54) is 17.8 Å². The van der Waals surface area contributed by atoms with Gasteiger partial charge in [0.05, 0.1) is 6.54 Å². The van der Waals surface area contributed by atoms with Gasteiger partial charge < -0.3 is 10.6 Å². The van der Waals surface area contributed by atoms with E-state index in [-0.39, 0.29) is 24.2 Å². The van der Waals surface area contributed by atoms with Crippen molar-refractivity contribution in [3.05, 3.63) is 30.1 Å². The first-order valence-electron chi connectivity index (χ1n) is 7.72. The van der Waals surface area contributed by atoms with Crippen LogP contribution in [0, 0.1) is 5.82 Å². The highest BCUT2D eigenvalue weighted by Gasteiger charge is 2.19. The number of thioether (sulfide) groups is 1. The Labute approximate surface area is 140 Å². The van der Waals surface area contributed by atoms with Gasteiger partial charge in [0, 0.05) is 43.2 Å². The number of amides is 2. The number of benzene rings is 1.